The average Bonchev–Trinajstić information content (AvgIpc) is 2.92. The lowest BCUT2D eigenvalue weighted by atomic mass is 9.94. The first-order valence-corrected chi connectivity index (χ1v) is 7.33. The number of nitrogens with zero attached hydrogens (tertiary/aromatic N) is 1. The maximum Gasteiger partial charge on any atom is 0.325 e. The molecule has 22 heavy (non-hydrogen) atoms. The number of nitrogens with one attached hydrogen (secondary N) is 1. The van der Waals surface area contributed by atoms with Crippen molar-refractivity contribution in [3.8, 4) is 0 Å². The monoisotopic (exact) mass is 302 g/mol. The van der Waals surface area contributed by atoms with E-state index in [1.165, 1.54) is 0 Å². The molecule has 3 N–H and O–H groups in total. The Morgan fingerprint density at radius 3 is 2.50 bits per heavy atom. The Hall–Kier alpha value is -2.34. The van der Waals surface area contributed by atoms with Gasteiger partial charge in [0.25, 0.3) is 0 Å². The number of aromatic nitrogens is 1. The zero-order valence-corrected chi connectivity index (χ0v) is 12.0. The molecule has 1 aliphatic heterocycles. The van der Waals surface area contributed by atoms with Gasteiger partial charge in [0.05, 0.1) is 5.92 Å². The largest absolute Gasteiger partial charge is 0.481 e. The maximum atomic E-state index is 11.8. The van der Waals surface area contributed by atoms with Crippen LogP contribution in [0.5, 0.6) is 0 Å². The fourth-order valence-electron chi connectivity index (χ4n) is 3.21. The van der Waals surface area contributed by atoms with Crippen LogP contribution in [0.25, 0.3) is 10.9 Å². The Bertz CT molecular complexity index is 701. The number of para-hydroxylation sites is 1. The number of hydrogen-bond donors (Lipinski definition) is 3. The van der Waals surface area contributed by atoms with Gasteiger partial charge in [0.1, 0.15) is 6.04 Å². The Balaban J connectivity index is 1.88. The fraction of sp³-hybridized carbons (Fsp3) is 0.375. The molecule has 6 nitrogen and oxygen atoms in total. The molecular weight excluding hydrogens is 284 g/mol. The van der Waals surface area contributed by atoms with Gasteiger partial charge < -0.3 is 15.2 Å². The molecule has 6 heteroatoms. The van der Waals surface area contributed by atoms with E-state index >= 15 is 0 Å². The van der Waals surface area contributed by atoms with Crippen LogP contribution in [0.15, 0.2) is 30.5 Å². The summed E-state index contributed by atoms with van der Waals surface area (Å²) in [6.07, 6.45) is 2.72. The molecule has 2 aromatic rings. The van der Waals surface area contributed by atoms with E-state index < -0.39 is 18.0 Å². The van der Waals surface area contributed by atoms with Crippen molar-refractivity contribution in [3.63, 3.8) is 0 Å². The molecule has 0 amide bonds. The minimum Gasteiger partial charge on any atom is -0.481 e. The van der Waals surface area contributed by atoms with Crippen molar-refractivity contribution in [3.05, 3.63) is 36.0 Å². The van der Waals surface area contributed by atoms with Crippen LogP contribution in [-0.2, 0) is 9.59 Å². The van der Waals surface area contributed by atoms with E-state index in [1.807, 2.05) is 29.2 Å². The van der Waals surface area contributed by atoms with E-state index in [2.05, 4.69) is 4.98 Å². The number of fused-ring (bicyclic) bond motifs is 1. The molecule has 1 fully saturated rings. The van der Waals surface area contributed by atoms with E-state index in [0.29, 0.717) is 25.9 Å². The number of carboxylic acids is 2. The molecule has 0 radical (unpaired) electrons. The Labute approximate surface area is 127 Å². The van der Waals surface area contributed by atoms with Crippen LogP contribution in [-0.4, -0.2) is 45.1 Å². The molecule has 2 heterocycles. The van der Waals surface area contributed by atoms with Crippen LogP contribution < -0.4 is 0 Å². The van der Waals surface area contributed by atoms with E-state index in [9.17, 15) is 14.7 Å². The van der Waals surface area contributed by atoms with Gasteiger partial charge in [-0.05, 0) is 18.9 Å². The minimum atomic E-state index is -0.904. The first-order valence-electron chi connectivity index (χ1n) is 7.33. The van der Waals surface area contributed by atoms with Gasteiger partial charge in [-0.3, -0.25) is 14.5 Å². The van der Waals surface area contributed by atoms with Gasteiger partial charge >= 0.3 is 11.9 Å². The lowest BCUT2D eigenvalue weighted by Crippen LogP contribution is -2.41. The number of piperidine rings is 1. The van der Waals surface area contributed by atoms with Gasteiger partial charge in [0, 0.05) is 35.8 Å². The van der Waals surface area contributed by atoms with Crippen molar-refractivity contribution in [2.45, 2.75) is 18.9 Å². The highest BCUT2D eigenvalue weighted by Gasteiger charge is 2.34. The molecule has 3 rings (SSSR count). The number of rotatable bonds is 4. The highest BCUT2D eigenvalue weighted by Crippen LogP contribution is 2.31. The van der Waals surface area contributed by atoms with Crippen LogP contribution in [0, 0.1) is 5.92 Å². The number of carboxylic acid groups (broad SMARTS) is 2. The number of aliphatic carboxylic acids is 2. The van der Waals surface area contributed by atoms with E-state index in [4.69, 9.17) is 5.11 Å². The quantitative estimate of drug-likeness (QED) is 0.804. The Morgan fingerprint density at radius 1 is 1.18 bits per heavy atom. The molecule has 1 aromatic carbocycles. The molecule has 0 bridgehead atoms. The van der Waals surface area contributed by atoms with Crippen molar-refractivity contribution in [1.82, 2.24) is 9.88 Å². The smallest absolute Gasteiger partial charge is 0.325 e. The second kappa shape index (κ2) is 5.81. The summed E-state index contributed by atoms with van der Waals surface area (Å²) in [5.41, 5.74) is 1.64. The molecule has 116 valence electrons. The molecule has 0 aliphatic carbocycles. The standard InChI is InChI=1S/C16H18N2O4/c19-15(20)10-5-7-18(8-6-10)14(16(21)22)12-9-17-13-4-2-1-3-11(12)13/h1-4,9-10,14,17H,5-8H2,(H,19,20)(H,21,22). The van der Waals surface area contributed by atoms with Gasteiger partial charge in [-0.25, -0.2) is 0 Å². The van der Waals surface area contributed by atoms with Gasteiger partial charge in [-0.2, -0.15) is 0 Å². The third-order valence-corrected chi connectivity index (χ3v) is 4.39. The Kier molecular flexibility index (Phi) is 3.85. The van der Waals surface area contributed by atoms with Crippen LogP contribution in [0.1, 0.15) is 24.4 Å². The molecule has 1 atom stereocenters. The molecule has 1 saturated heterocycles. The fourth-order valence-corrected chi connectivity index (χ4v) is 3.21. The maximum absolute atomic E-state index is 11.8. The lowest BCUT2D eigenvalue weighted by Gasteiger charge is -2.34. The second-order valence-corrected chi connectivity index (χ2v) is 5.68. The Morgan fingerprint density at radius 2 is 1.86 bits per heavy atom. The zero-order valence-electron chi connectivity index (χ0n) is 12.0. The van der Waals surface area contributed by atoms with Crippen LogP contribution in [0.3, 0.4) is 0 Å². The zero-order chi connectivity index (χ0) is 15.7. The molecule has 0 saturated carbocycles. The van der Waals surface area contributed by atoms with Crippen molar-refractivity contribution >= 4 is 22.8 Å². The second-order valence-electron chi connectivity index (χ2n) is 5.68. The van der Waals surface area contributed by atoms with Crippen LogP contribution in [0.2, 0.25) is 0 Å². The minimum absolute atomic E-state index is 0.367. The topological polar surface area (TPSA) is 93.6 Å². The van der Waals surface area contributed by atoms with Crippen molar-refractivity contribution in [2.75, 3.05) is 13.1 Å². The first kappa shape index (κ1) is 14.6. The highest BCUT2D eigenvalue weighted by atomic mass is 16.4. The number of carbonyl (C=O) groups is 2. The number of hydrogen-bond acceptors (Lipinski definition) is 3. The molecule has 1 unspecified atom stereocenters. The highest BCUT2D eigenvalue weighted by molar-refractivity contribution is 5.89. The van der Waals surface area contributed by atoms with E-state index in [-0.39, 0.29) is 5.92 Å². The van der Waals surface area contributed by atoms with Gasteiger partial charge in [0.2, 0.25) is 0 Å². The molecule has 1 aromatic heterocycles. The van der Waals surface area contributed by atoms with E-state index in [1.54, 1.807) is 6.20 Å². The number of likely N-dealkylation sites (tertiary alicyclic amines) is 1. The normalized spacial score (nSPS) is 18.4. The third-order valence-electron chi connectivity index (χ3n) is 4.39. The summed E-state index contributed by atoms with van der Waals surface area (Å²) in [5, 5.41) is 19.6. The summed E-state index contributed by atoms with van der Waals surface area (Å²) in [4.78, 5) is 27.8. The van der Waals surface area contributed by atoms with Crippen LogP contribution in [0.4, 0.5) is 0 Å². The number of aromatic amines is 1. The van der Waals surface area contributed by atoms with Crippen molar-refractivity contribution in [1.29, 1.82) is 0 Å². The first-order chi connectivity index (χ1) is 10.6. The summed E-state index contributed by atoms with van der Waals surface area (Å²) in [6, 6.07) is 6.85. The lowest BCUT2D eigenvalue weighted by molar-refractivity contribution is -0.146. The molecule has 0 spiro atoms. The summed E-state index contributed by atoms with van der Waals surface area (Å²) in [5.74, 6) is -2.06. The molecular formula is C16H18N2O4. The van der Waals surface area contributed by atoms with Gasteiger partial charge in [-0.1, -0.05) is 18.2 Å². The van der Waals surface area contributed by atoms with Gasteiger partial charge in [-0.15, -0.1) is 0 Å². The average molecular weight is 302 g/mol. The summed E-state index contributed by atoms with van der Waals surface area (Å²) in [6.45, 7) is 0.959. The van der Waals surface area contributed by atoms with Crippen LogP contribution >= 0.6 is 0 Å². The van der Waals surface area contributed by atoms with Gasteiger partial charge in [0.15, 0.2) is 0 Å². The molecule has 1 aliphatic rings. The summed E-state index contributed by atoms with van der Waals surface area (Å²) in [7, 11) is 0. The third kappa shape index (κ3) is 2.57. The number of H-pyrrole nitrogens is 1. The summed E-state index contributed by atoms with van der Waals surface area (Å²) < 4.78 is 0. The SMILES string of the molecule is O=C(O)C1CCN(C(C(=O)O)c2c[nH]c3ccccc23)CC1. The van der Waals surface area contributed by atoms with Crippen molar-refractivity contribution < 1.29 is 19.8 Å². The van der Waals surface area contributed by atoms with Crippen molar-refractivity contribution in [2.24, 2.45) is 5.92 Å². The predicted molar refractivity (Wildman–Crippen MR) is 80.6 cm³/mol. The summed E-state index contributed by atoms with van der Waals surface area (Å²) >= 11 is 0. The number of benzene rings is 1. The predicted octanol–water partition coefficient (Wildman–Crippen LogP) is 2.09. The van der Waals surface area contributed by atoms with E-state index in [0.717, 1.165) is 16.5 Å².